The quantitative estimate of drug-likeness (QED) is 0.710. The fraction of sp³-hybridized carbons (Fsp3) is 0.611. The summed E-state index contributed by atoms with van der Waals surface area (Å²) in [5.41, 5.74) is 0.215. The second-order valence-corrected chi connectivity index (χ2v) is 8.42. The normalized spacial score (nSPS) is 16.4. The average molecular weight is 384 g/mol. The van der Waals surface area contributed by atoms with E-state index in [9.17, 15) is 13.2 Å². The van der Waals surface area contributed by atoms with Crippen molar-refractivity contribution in [3.05, 3.63) is 23.8 Å². The number of rotatable bonds is 8. The van der Waals surface area contributed by atoms with E-state index in [1.165, 1.54) is 25.3 Å². The number of sulfonamides is 1. The summed E-state index contributed by atoms with van der Waals surface area (Å²) in [6.07, 6.45) is 3.02. The van der Waals surface area contributed by atoms with E-state index in [2.05, 4.69) is 22.0 Å². The number of amides is 1. The van der Waals surface area contributed by atoms with Crippen LogP contribution < -0.4 is 14.8 Å². The second kappa shape index (κ2) is 9.34. The van der Waals surface area contributed by atoms with Crippen LogP contribution in [0.5, 0.6) is 5.75 Å². The smallest absolute Gasteiger partial charge is 0.255 e. The molecule has 1 aromatic rings. The van der Waals surface area contributed by atoms with Gasteiger partial charge in [0, 0.05) is 13.1 Å². The molecule has 0 spiro atoms. The van der Waals surface area contributed by atoms with E-state index in [1.54, 1.807) is 6.92 Å². The van der Waals surface area contributed by atoms with E-state index in [-0.39, 0.29) is 16.4 Å². The van der Waals surface area contributed by atoms with Gasteiger partial charge in [-0.15, -0.1) is 0 Å². The zero-order chi connectivity index (χ0) is 19.2. The predicted molar refractivity (Wildman–Crippen MR) is 101 cm³/mol. The summed E-state index contributed by atoms with van der Waals surface area (Å²) in [5, 5.41) is 2.67. The molecule has 0 aliphatic carbocycles. The third kappa shape index (κ3) is 5.43. The minimum atomic E-state index is -3.66. The highest BCUT2D eigenvalue weighted by Crippen LogP contribution is 2.23. The third-order valence-corrected chi connectivity index (χ3v) is 6.20. The van der Waals surface area contributed by atoms with Crippen molar-refractivity contribution in [2.24, 2.45) is 5.92 Å². The standard InChI is InChI=1S/C18H29N3O4S/c1-4-19-18(22)16-13-15(5-6-17(16)25-3)26(23,24)20-10-7-14-8-11-21(2)12-9-14/h5-6,13-14,20H,4,7-12H2,1-3H3,(H,19,22). The van der Waals surface area contributed by atoms with Crippen LogP contribution in [0.4, 0.5) is 0 Å². The molecule has 26 heavy (non-hydrogen) atoms. The Labute approximate surface area is 156 Å². The van der Waals surface area contributed by atoms with Crippen LogP contribution >= 0.6 is 0 Å². The van der Waals surface area contributed by atoms with Crippen molar-refractivity contribution in [3.63, 3.8) is 0 Å². The van der Waals surface area contributed by atoms with Crippen molar-refractivity contribution in [3.8, 4) is 5.75 Å². The molecule has 1 aliphatic rings. The Morgan fingerprint density at radius 3 is 2.62 bits per heavy atom. The van der Waals surface area contributed by atoms with E-state index in [4.69, 9.17) is 4.74 Å². The SMILES string of the molecule is CCNC(=O)c1cc(S(=O)(=O)NCCC2CCN(C)CC2)ccc1OC. The lowest BCUT2D eigenvalue weighted by molar-refractivity contribution is 0.0952. The minimum absolute atomic E-state index is 0.0722. The Bertz CT molecular complexity index is 713. The number of ether oxygens (including phenoxy) is 1. The molecule has 0 unspecified atom stereocenters. The number of piperidine rings is 1. The zero-order valence-corrected chi connectivity index (χ0v) is 16.6. The summed E-state index contributed by atoms with van der Waals surface area (Å²) in [6, 6.07) is 4.33. The summed E-state index contributed by atoms with van der Waals surface area (Å²) in [7, 11) is -0.107. The molecular weight excluding hydrogens is 354 g/mol. The molecular formula is C18H29N3O4S. The highest BCUT2D eigenvalue weighted by atomic mass is 32.2. The first-order chi connectivity index (χ1) is 12.4. The van der Waals surface area contributed by atoms with Gasteiger partial charge in [0.15, 0.2) is 0 Å². The van der Waals surface area contributed by atoms with Crippen molar-refractivity contribution in [2.75, 3.05) is 40.3 Å². The number of likely N-dealkylation sites (tertiary alicyclic amines) is 1. The number of nitrogens with zero attached hydrogens (tertiary/aromatic N) is 1. The highest BCUT2D eigenvalue weighted by Gasteiger charge is 2.21. The first-order valence-corrected chi connectivity index (χ1v) is 10.5. The van der Waals surface area contributed by atoms with Gasteiger partial charge in [-0.1, -0.05) is 0 Å². The summed E-state index contributed by atoms with van der Waals surface area (Å²) < 4.78 is 33.0. The van der Waals surface area contributed by atoms with E-state index >= 15 is 0 Å². The molecule has 0 saturated carbocycles. The molecule has 2 N–H and O–H groups in total. The Balaban J connectivity index is 2.03. The molecule has 1 saturated heterocycles. The molecule has 0 radical (unpaired) electrons. The van der Waals surface area contributed by atoms with Crippen molar-refractivity contribution >= 4 is 15.9 Å². The van der Waals surface area contributed by atoms with Gasteiger partial charge >= 0.3 is 0 Å². The number of carbonyl (C=O) groups excluding carboxylic acids is 1. The summed E-state index contributed by atoms with van der Waals surface area (Å²) in [5.74, 6) is 0.546. The molecule has 1 heterocycles. The molecule has 0 aromatic heterocycles. The van der Waals surface area contributed by atoms with Crippen LogP contribution in [0.25, 0.3) is 0 Å². The lowest BCUT2D eigenvalue weighted by atomic mass is 9.94. The van der Waals surface area contributed by atoms with Crippen LogP contribution in [0.3, 0.4) is 0 Å². The first-order valence-electron chi connectivity index (χ1n) is 9.01. The zero-order valence-electron chi connectivity index (χ0n) is 15.7. The Hall–Kier alpha value is -1.64. The topological polar surface area (TPSA) is 87.7 Å². The van der Waals surface area contributed by atoms with Crippen molar-refractivity contribution in [1.29, 1.82) is 0 Å². The fourth-order valence-electron chi connectivity index (χ4n) is 3.12. The number of carbonyl (C=O) groups is 1. The molecule has 8 heteroatoms. The van der Waals surface area contributed by atoms with Crippen LogP contribution in [0.15, 0.2) is 23.1 Å². The van der Waals surface area contributed by atoms with Gasteiger partial charge in [-0.2, -0.15) is 0 Å². The monoisotopic (exact) mass is 383 g/mol. The van der Waals surface area contributed by atoms with Gasteiger partial charge in [0.05, 0.1) is 17.6 Å². The maximum atomic E-state index is 12.6. The molecule has 1 fully saturated rings. The fourth-order valence-corrected chi connectivity index (χ4v) is 4.19. The van der Waals surface area contributed by atoms with Crippen LogP contribution in [0, 0.1) is 5.92 Å². The molecule has 146 valence electrons. The van der Waals surface area contributed by atoms with Gasteiger partial charge in [-0.05, 0) is 70.4 Å². The summed E-state index contributed by atoms with van der Waals surface area (Å²) in [4.78, 5) is 14.5. The van der Waals surface area contributed by atoms with Crippen LogP contribution in [-0.2, 0) is 10.0 Å². The van der Waals surface area contributed by atoms with Crippen molar-refractivity contribution < 1.29 is 17.9 Å². The van der Waals surface area contributed by atoms with Gasteiger partial charge < -0.3 is 15.0 Å². The minimum Gasteiger partial charge on any atom is -0.496 e. The maximum Gasteiger partial charge on any atom is 0.255 e. The van der Waals surface area contributed by atoms with Gasteiger partial charge in [-0.25, -0.2) is 13.1 Å². The third-order valence-electron chi connectivity index (χ3n) is 4.75. The lowest BCUT2D eigenvalue weighted by Crippen LogP contribution is -2.32. The second-order valence-electron chi connectivity index (χ2n) is 6.65. The van der Waals surface area contributed by atoms with E-state index in [1.807, 2.05) is 0 Å². The first kappa shape index (κ1) is 20.7. The number of hydrogen-bond acceptors (Lipinski definition) is 5. The van der Waals surface area contributed by atoms with Crippen molar-refractivity contribution in [1.82, 2.24) is 14.9 Å². The highest BCUT2D eigenvalue weighted by molar-refractivity contribution is 7.89. The maximum absolute atomic E-state index is 12.6. The van der Waals surface area contributed by atoms with Crippen LogP contribution in [0.2, 0.25) is 0 Å². The van der Waals surface area contributed by atoms with Gasteiger partial charge in [-0.3, -0.25) is 4.79 Å². The van der Waals surface area contributed by atoms with E-state index < -0.39 is 10.0 Å². The van der Waals surface area contributed by atoms with Crippen LogP contribution in [-0.4, -0.2) is 59.6 Å². The lowest BCUT2D eigenvalue weighted by Gasteiger charge is -2.28. The Morgan fingerprint density at radius 1 is 1.31 bits per heavy atom. The molecule has 2 rings (SSSR count). The number of nitrogens with one attached hydrogen (secondary N) is 2. The van der Waals surface area contributed by atoms with Gasteiger partial charge in [0.2, 0.25) is 10.0 Å². The van der Waals surface area contributed by atoms with E-state index in [0.29, 0.717) is 24.8 Å². The number of methoxy groups -OCH3 is 1. The number of benzene rings is 1. The number of hydrogen-bond donors (Lipinski definition) is 2. The largest absolute Gasteiger partial charge is 0.496 e. The van der Waals surface area contributed by atoms with Crippen LogP contribution in [0.1, 0.15) is 36.5 Å². The van der Waals surface area contributed by atoms with Crippen molar-refractivity contribution in [2.45, 2.75) is 31.1 Å². The summed E-state index contributed by atoms with van der Waals surface area (Å²) >= 11 is 0. The molecule has 0 atom stereocenters. The van der Waals surface area contributed by atoms with Gasteiger partial charge in [0.1, 0.15) is 5.75 Å². The molecule has 1 amide bonds. The van der Waals surface area contributed by atoms with E-state index in [0.717, 1.165) is 32.4 Å². The molecule has 1 aromatic carbocycles. The molecule has 1 aliphatic heterocycles. The predicted octanol–water partition coefficient (Wildman–Crippen LogP) is 1.46. The summed E-state index contributed by atoms with van der Waals surface area (Å²) in [6.45, 7) is 4.78. The van der Waals surface area contributed by atoms with Gasteiger partial charge in [0.25, 0.3) is 5.91 Å². The Kier molecular flexibility index (Phi) is 7.43. The average Bonchev–Trinajstić information content (AvgIpc) is 2.63. The molecule has 0 bridgehead atoms. The Morgan fingerprint density at radius 2 is 2.00 bits per heavy atom. The molecule has 7 nitrogen and oxygen atoms in total.